The van der Waals surface area contributed by atoms with Crippen molar-refractivity contribution in [1.82, 2.24) is 15.5 Å². The number of nitrogens with one attached hydrogen (secondary N) is 2. The summed E-state index contributed by atoms with van der Waals surface area (Å²) in [5, 5.41) is 6.79. The molecule has 1 aliphatic rings. The molecule has 1 fully saturated rings. The molecule has 0 saturated carbocycles. The lowest BCUT2D eigenvalue weighted by Crippen LogP contribution is -2.43. The van der Waals surface area contributed by atoms with Gasteiger partial charge in [-0.2, -0.15) is 0 Å². The first-order valence-electron chi connectivity index (χ1n) is 8.50. The molecule has 0 radical (unpaired) electrons. The van der Waals surface area contributed by atoms with E-state index in [1.54, 1.807) is 21.3 Å². The van der Waals surface area contributed by atoms with Gasteiger partial charge in [-0.15, -0.1) is 0 Å². The van der Waals surface area contributed by atoms with Gasteiger partial charge in [0.1, 0.15) is 0 Å². The van der Waals surface area contributed by atoms with Crippen LogP contribution in [-0.2, 0) is 6.54 Å². The highest BCUT2D eigenvalue weighted by molar-refractivity contribution is 5.79. The highest BCUT2D eigenvalue weighted by atomic mass is 16.5. The number of ether oxygens (including phenoxy) is 2. The van der Waals surface area contributed by atoms with Gasteiger partial charge in [0.2, 0.25) is 0 Å². The van der Waals surface area contributed by atoms with Crippen molar-refractivity contribution in [3.63, 3.8) is 0 Å². The molecule has 1 heterocycles. The monoisotopic (exact) mass is 334 g/mol. The normalized spacial score (nSPS) is 19.0. The molecule has 1 atom stereocenters. The van der Waals surface area contributed by atoms with Crippen LogP contribution in [0.1, 0.15) is 18.4 Å². The summed E-state index contributed by atoms with van der Waals surface area (Å²) in [6, 6.07) is 5.93. The molecule has 0 aromatic heterocycles. The number of benzene rings is 1. The van der Waals surface area contributed by atoms with Gasteiger partial charge in [0.15, 0.2) is 17.5 Å². The van der Waals surface area contributed by atoms with E-state index >= 15 is 0 Å². The Hall–Kier alpha value is -1.95. The summed E-state index contributed by atoms with van der Waals surface area (Å²) in [5.74, 6) is 3.00. The van der Waals surface area contributed by atoms with E-state index in [0.29, 0.717) is 12.5 Å². The van der Waals surface area contributed by atoms with Gasteiger partial charge in [-0.1, -0.05) is 6.07 Å². The number of piperidine rings is 1. The Balaban J connectivity index is 1.83. The van der Waals surface area contributed by atoms with Crippen LogP contribution in [0.2, 0.25) is 0 Å². The summed E-state index contributed by atoms with van der Waals surface area (Å²) >= 11 is 0. The quantitative estimate of drug-likeness (QED) is 0.613. The Morgan fingerprint density at radius 1 is 1.25 bits per heavy atom. The fourth-order valence-electron chi connectivity index (χ4n) is 3.08. The molecule has 1 saturated heterocycles. The second-order valence-corrected chi connectivity index (χ2v) is 6.27. The van der Waals surface area contributed by atoms with Crippen LogP contribution < -0.4 is 20.1 Å². The number of nitrogens with zero attached hydrogens (tertiary/aromatic N) is 2. The first-order chi connectivity index (χ1) is 11.7. The number of methoxy groups -OCH3 is 2. The smallest absolute Gasteiger partial charge is 0.191 e. The number of rotatable bonds is 6. The van der Waals surface area contributed by atoms with Crippen LogP contribution in [0.25, 0.3) is 0 Å². The highest BCUT2D eigenvalue weighted by Crippen LogP contribution is 2.27. The summed E-state index contributed by atoms with van der Waals surface area (Å²) in [6.45, 7) is 4.00. The average molecular weight is 334 g/mol. The van der Waals surface area contributed by atoms with Crippen LogP contribution in [0.5, 0.6) is 11.5 Å². The van der Waals surface area contributed by atoms with E-state index in [4.69, 9.17) is 9.47 Å². The van der Waals surface area contributed by atoms with Crippen LogP contribution in [0.15, 0.2) is 23.2 Å². The molecule has 2 rings (SSSR count). The number of hydrogen-bond acceptors (Lipinski definition) is 4. The van der Waals surface area contributed by atoms with Crippen molar-refractivity contribution >= 4 is 5.96 Å². The van der Waals surface area contributed by atoms with Crippen LogP contribution >= 0.6 is 0 Å². The average Bonchev–Trinajstić information content (AvgIpc) is 2.61. The predicted octanol–water partition coefficient (Wildman–Crippen LogP) is 1.71. The number of guanidine groups is 1. The van der Waals surface area contributed by atoms with E-state index in [9.17, 15) is 0 Å². The fourth-order valence-corrected chi connectivity index (χ4v) is 3.08. The third kappa shape index (κ3) is 5.30. The Kier molecular flexibility index (Phi) is 7.18. The third-order valence-corrected chi connectivity index (χ3v) is 4.41. The Morgan fingerprint density at radius 2 is 2.04 bits per heavy atom. The molecule has 1 aliphatic heterocycles. The maximum Gasteiger partial charge on any atom is 0.191 e. The van der Waals surface area contributed by atoms with E-state index in [-0.39, 0.29) is 0 Å². The molecular formula is C18H30N4O2. The van der Waals surface area contributed by atoms with Gasteiger partial charge in [0, 0.05) is 26.7 Å². The Bertz CT molecular complexity index is 548. The summed E-state index contributed by atoms with van der Waals surface area (Å²) in [4.78, 5) is 6.71. The SMILES string of the molecule is CN=C(NCc1ccc(OC)c(OC)c1)NCC1CCCN(C)C1. The number of likely N-dealkylation sites (tertiary alicyclic amines) is 1. The van der Waals surface area contributed by atoms with Crippen molar-refractivity contribution in [2.24, 2.45) is 10.9 Å². The molecule has 1 aromatic rings. The lowest BCUT2D eigenvalue weighted by Gasteiger charge is -2.30. The third-order valence-electron chi connectivity index (χ3n) is 4.41. The van der Waals surface area contributed by atoms with E-state index in [1.807, 2.05) is 18.2 Å². The molecule has 0 spiro atoms. The highest BCUT2D eigenvalue weighted by Gasteiger charge is 2.17. The minimum absolute atomic E-state index is 0.684. The molecule has 134 valence electrons. The predicted molar refractivity (Wildman–Crippen MR) is 98.0 cm³/mol. The van der Waals surface area contributed by atoms with Crippen LogP contribution in [0, 0.1) is 5.92 Å². The van der Waals surface area contributed by atoms with Crippen molar-refractivity contribution in [2.75, 3.05) is 47.9 Å². The van der Waals surface area contributed by atoms with Crippen LogP contribution in [0.3, 0.4) is 0 Å². The zero-order valence-corrected chi connectivity index (χ0v) is 15.3. The molecule has 6 nitrogen and oxygen atoms in total. The Labute approximate surface area is 145 Å². The van der Waals surface area contributed by atoms with Gasteiger partial charge >= 0.3 is 0 Å². The maximum atomic E-state index is 5.34. The fraction of sp³-hybridized carbons (Fsp3) is 0.611. The summed E-state index contributed by atoms with van der Waals surface area (Å²) in [7, 11) is 7.29. The largest absolute Gasteiger partial charge is 0.493 e. The molecule has 6 heteroatoms. The molecule has 0 bridgehead atoms. The van der Waals surface area contributed by atoms with Crippen molar-refractivity contribution in [1.29, 1.82) is 0 Å². The van der Waals surface area contributed by atoms with Gasteiger partial charge in [0.05, 0.1) is 14.2 Å². The number of aliphatic imine (C=N–C) groups is 1. The van der Waals surface area contributed by atoms with E-state index in [0.717, 1.165) is 36.1 Å². The second-order valence-electron chi connectivity index (χ2n) is 6.27. The molecular weight excluding hydrogens is 304 g/mol. The zero-order valence-electron chi connectivity index (χ0n) is 15.3. The van der Waals surface area contributed by atoms with Crippen molar-refractivity contribution in [2.45, 2.75) is 19.4 Å². The van der Waals surface area contributed by atoms with Gasteiger partial charge in [0.25, 0.3) is 0 Å². The van der Waals surface area contributed by atoms with Gasteiger partial charge in [-0.3, -0.25) is 4.99 Å². The summed E-state index contributed by atoms with van der Waals surface area (Å²) in [6.07, 6.45) is 2.56. The van der Waals surface area contributed by atoms with Gasteiger partial charge in [-0.05, 0) is 50.0 Å². The van der Waals surface area contributed by atoms with Gasteiger partial charge < -0.3 is 25.0 Å². The lowest BCUT2D eigenvalue weighted by molar-refractivity contribution is 0.210. The molecule has 0 amide bonds. The second kappa shape index (κ2) is 9.37. The minimum Gasteiger partial charge on any atom is -0.493 e. The first kappa shape index (κ1) is 18.4. The van der Waals surface area contributed by atoms with E-state index in [1.165, 1.54) is 19.4 Å². The van der Waals surface area contributed by atoms with E-state index < -0.39 is 0 Å². The first-order valence-corrected chi connectivity index (χ1v) is 8.50. The standard InChI is InChI=1S/C18H30N4O2/c1-19-18(21-12-15-6-5-9-22(2)13-15)20-11-14-7-8-16(23-3)17(10-14)24-4/h7-8,10,15H,5-6,9,11-13H2,1-4H3,(H2,19,20,21). The topological polar surface area (TPSA) is 58.1 Å². The summed E-state index contributed by atoms with van der Waals surface area (Å²) < 4.78 is 10.6. The molecule has 0 aliphatic carbocycles. The summed E-state index contributed by atoms with van der Waals surface area (Å²) in [5.41, 5.74) is 1.12. The zero-order chi connectivity index (χ0) is 17.4. The molecule has 24 heavy (non-hydrogen) atoms. The lowest BCUT2D eigenvalue weighted by atomic mass is 9.99. The van der Waals surface area contributed by atoms with E-state index in [2.05, 4.69) is 27.6 Å². The van der Waals surface area contributed by atoms with Crippen LogP contribution in [-0.4, -0.2) is 58.8 Å². The van der Waals surface area contributed by atoms with Gasteiger partial charge in [-0.25, -0.2) is 0 Å². The van der Waals surface area contributed by atoms with Crippen molar-refractivity contribution < 1.29 is 9.47 Å². The number of hydrogen-bond donors (Lipinski definition) is 2. The molecule has 2 N–H and O–H groups in total. The maximum absolute atomic E-state index is 5.34. The Morgan fingerprint density at radius 3 is 2.71 bits per heavy atom. The molecule has 1 unspecified atom stereocenters. The van der Waals surface area contributed by atoms with Crippen molar-refractivity contribution in [3.8, 4) is 11.5 Å². The van der Waals surface area contributed by atoms with Crippen molar-refractivity contribution in [3.05, 3.63) is 23.8 Å². The minimum atomic E-state index is 0.684. The van der Waals surface area contributed by atoms with Crippen LogP contribution in [0.4, 0.5) is 0 Å². The molecule has 1 aromatic carbocycles.